The van der Waals surface area contributed by atoms with Crippen molar-refractivity contribution in [2.75, 3.05) is 53.5 Å². The van der Waals surface area contributed by atoms with Gasteiger partial charge in [-0.3, -0.25) is 9.89 Å². The maximum absolute atomic E-state index is 6.25. The van der Waals surface area contributed by atoms with Crippen LogP contribution >= 0.6 is 35.6 Å². The van der Waals surface area contributed by atoms with Crippen LogP contribution in [0.1, 0.15) is 30.9 Å². The summed E-state index contributed by atoms with van der Waals surface area (Å²) in [5.41, 5.74) is 1.27. The smallest absolute Gasteiger partial charge is 0.193 e. The van der Waals surface area contributed by atoms with Crippen LogP contribution in [0.5, 0.6) is 0 Å². The van der Waals surface area contributed by atoms with Crippen LogP contribution in [0.2, 0.25) is 5.02 Å². The molecule has 3 rings (SSSR count). The molecule has 27 heavy (non-hydrogen) atoms. The van der Waals surface area contributed by atoms with Gasteiger partial charge in [0.1, 0.15) is 0 Å². The number of nitrogens with one attached hydrogen (secondary N) is 1. The van der Waals surface area contributed by atoms with Gasteiger partial charge in [0.2, 0.25) is 0 Å². The molecule has 0 aliphatic carbocycles. The van der Waals surface area contributed by atoms with Gasteiger partial charge in [0.05, 0.1) is 12.6 Å². The van der Waals surface area contributed by atoms with Crippen LogP contribution in [0.15, 0.2) is 29.3 Å². The molecule has 0 aromatic heterocycles. The lowest BCUT2D eigenvalue weighted by molar-refractivity contribution is 0.181. The summed E-state index contributed by atoms with van der Waals surface area (Å²) in [4.78, 5) is 9.26. The SMILES string of the molecule is CN=C(NCC(c1cccc(Cl)c1)N1CCCC1)N(C)CC1CCOC1.I. The van der Waals surface area contributed by atoms with Crippen molar-refractivity contribution >= 4 is 41.5 Å². The van der Waals surface area contributed by atoms with E-state index in [2.05, 4.69) is 39.3 Å². The van der Waals surface area contributed by atoms with E-state index >= 15 is 0 Å². The highest BCUT2D eigenvalue weighted by Gasteiger charge is 2.25. The van der Waals surface area contributed by atoms with E-state index in [1.165, 1.54) is 18.4 Å². The number of guanidine groups is 1. The Morgan fingerprint density at radius 1 is 1.41 bits per heavy atom. The molecule has 2 aliphatic rings. The molecule has 2 saturated heterocycles. The molecule has 7 heteroatoms. The first-order valence-electron chi connectivity index (χ1n) is 9.66. The second-order valence-corrected chi connectivity index (χ2v) is 7.79. The van der Waals surface area contributed by atoms with Crippen LogP contribution in [0, 0.1) is 5.92 Å². The van der Waals surface area contributed by atoms with Gasteiger partial charge in [-0.15, -0.1) is 24.0 Å². The minimum atomic E-state index is 0. The molecule has 0 bridgehead atoms. The fraction of sp³-hybridized carbons (Fsp3) is 0.650. The van der Waals surface area contributed by atoms with Crippen molar-refractivity contribution in [2.45, 2.75) is 25.3 Å². The molecule has 1 N–H and O–H groups in total. The van der Waals surface area contributed by atoms with Gasteiger partial charge in [0.15, 0.2) is 5.96 Å². The number of benzene rings is 1. The summed E-state index contributed by atoms with van der Waals surface area (Å²) in [7, 11) is 3.96. The van der Waals surface area contributed by atoms with Crippen LogP contribution in [-0.2, 0) is 4.74 Å². The molecule has 0 radical (unpaired) electrons. The summed E-state index contributed by atoms with van der Waals surface area (Å²) in [6.45, 7) is 5.85. The summed E-state index contributed by atoms with van der Waals surface area (Å²) in [5.74, 6) is 1.55. The van der Waals surface area contributed by atoms with E-state index < -0.39 is 0 Å². The lowest BCUT2D eigenvalue weighted by atomic mass is 10.1. The summed E-state index contributed by atoms with van der Waals surface area (Å²) in [5, 5.41) is 4.39. The molecular formula is C20H32ClIN4O. The number of ether oxygens (including phenoxy) is 1. The Hall–Kier alpha value is -0.570. The molecule has 0 amide bonds. The van der Waals surface area contributed by atoms with Crippen LogP contribution in [-0.4, -0.2) is 69.2 Å². The van der Waals surface area contributed by atoms with Crippen LogP contribution in [0.4, 0.5) is 0 Å². The Balaban J connectivity index is 0.00000261. The molecule has 0 spiro atoms. The van der Waals surface area contributed by atoms with Crippen molar-refractivity contribution in [1.29, 1.82) is 0 Å². The minimum Gasteiger partial charge on any atom is -0.381 e. The van der Waals surface area contributed by atoms with Crippen molar-refractivity contribution in [2.24, 2.45) is 10.9 Å². The second kappa shape index (κ2) is 11.4. The van der Waals surface area contributed by atoms with Crippen molar-refractivity contribution in [3.8, 4) is 0 Å². The molecular weight excluding hydrogens is 475 g/mol. The van der Waals surface area contributed by atoms with Crippen LogP contribution in [0.3, 0.4) is 0 Å². The van der Waals surface area contributed by atoms with Crippen LogP contribution in [0.25, 0.3) is 0 Å². The fourth-order valence-corrected chi connectivity index (χ4v) is 4.20. The van der Waals surface area contributed by atoms with Gasteiger partial charge in [-0.1, -0.05) is 23.7 Å². The topological polar surface area (TPSA) is 40.1 Å². The van der Waals surface area contributed by atoms with Crippen molar-refractivity contribution < 1.29 is 4.74 Å². The molecule has 0 saturated carbocycles. The number of nitrogens with zero attached hydrogens (tertiary/aromatic N) is 3. The van der Waals surface area contributed by atoms with Crippen molar-refractivity contribution in [1.82, 2.24) is 15.1 Å². The van der Waals surface area contributed by atoms with E-state index in [0.717, 1.165) is 56.8 Å². The summed E-state index contributed by atoms with van der Waals surface area (Å²) in [6, 6.07) is 8.57. The van der Waals surface area contributed by atoms with E-state index in [9.17, 15) is 0 Å². The highest BCUT2D eigenvalue weighted by Crippen LogP contribution is 2.26. The molecule has 1 aromatic carbocycles. The highest BCUT2D eigenvalue weighted by molar-refractivity contribution is 14.0. The first-order valence-corrected chi connectivity index (χ1v) is 10.0. The predicted molar refractivity (Wildman–Crippen MR) is 123 cm³/mol. The first-order chi connectivity index (χ1) is 12.7. The molecule has 5 nitrogen and oxygen atoms in total. The van der Waals surface area contributed by atoms with Gasteiger partial charge in [0.25, 0.3) is 0 Å². The van der Waals surface area contributed by atoms with E-state index in [4.69, 9.17) is 16.3 Å². The van der Waals surface area contributed by atoms with Gasteiger partial charge in [-0.05, 0) is 50.0 Å². The Morgan fingerprint density at radius 3 is 2.81 bits per heavy atom. The number of rotatable bonds is 6. The lowest BCUT2D eigenvalue weighted by Crippen LogP contribution is -2.45. The predicted octanol–water partition coefficient (Wildman–Crippen LogP) is 3.64. The van der Waals surface area contributed by atoms with E-state index in [1.807, 2.05) is 19.2 Å². The third-order valence-corrected chi connectivity index (χ3v) is 5.63. The largest absolute Gasteiger partial charge is 0.381 e. The average Bonchev–Trinajstić information content (AvgIpc) is 3.32. The number of halogens is 2. The first kappa shape index (κ1) is 22.7. The van der Waals surface area contributed by atoms with Gasteiger partial charge in [-0.25, -0.2) is 0 Å². The molecule has 1 aromatic rings. The van der Waals surface area contributed by atoms with Crippen LogP contribution < -0.4 is 5.32 Å². The summed E-state index contributed by atoms with van der Waals surface area (Å²) in [6.07, 6.45) is 3.68. The number of likely N-dealkylation sites (tertiary alicyclic amines) is 1. The molecule has 2 fully saturated rings. The van der Waals surface area contributed by atoms with Gasteiger partial charge in [-0.2, -0.15) is 0 Å². The quantitative estimate of drug-likeness (QED) is 0.363. The Bertz CT molecular complexity index is 603. The minimum absolute atomic E-state index is 0. The second-order valence-electron chi connectivity index (χ2n) is 7.35. The van der Waals surface area contributed by atoms with Gasteiger partial charge < -0.3 is 15.0 Å². The fourth-order valence-electron chi connectivity index (χ4n) is 4.00. The summed E-state index contributed by atoms with van der Waals surface area (Å²) >= 11 is 6.25. The Morgan fingerprint density at radius 2 is 2.19 bits per heavy atom. The number of hydrogen-bond acceptors (Lipinski definition) is 3. The van der Waals surface area contributed by atoms with E-state index in [0.29, 0.717) is 12.0 Å². The molecule has 2 heterocycles. The molecule has 2 atom stereocenters. The monoisotopic (exact) mass is 506 g/mol. The van der Waals surface area contributed by atoms with Crippen molar-refractivity contribution in [3.63, 3.8) is 0 Å². The zero-order valence-electron chi connectivity index (χ0n) is 16.4. The third-order valence-electron chi connectivity index (χ3n) is 5.40. The zero-order chi connectivity index (χ0) is 18.4. The lowest BCUT2D eigenvalue weighted by Gasteiger charge is -2.31. The van der Waals surface area contributed by atoms with Gasteiger partial charge >= 0.3 is 0 Å². The maximum Gasteiger partial charge on any atom is 0.193 e. The highest BCUT2D eigenvalue weighted by atomic mass is 127. The van der Waals surface area contributed by atoms with E-state index in [1.54, 1.807) is 0 Å². The van der Waals surface area contributed by atoms with E-state index in [-0.39, 0.29) is 24.0 Å². The summed E-state index contributed by atoms with van der Waals surface area (Å²) < 4.78 is 5.50. The Labute approximate surface area is 185 Å². The third kappa shape index (κ3) is 6.48. The zero-order valence-corrected chi connectivity index (χ0v) is 19.5. The Kier molecular flexibility index (Phi) is 9.62. The molecule has 2 unspecified atom stereocenters. The average molecular weight is 507 g/mol. The molecule has 2 aliphatic heterocycles. The van der Waals surface area contributed by atoms with Gasteiger partial charge in [0, 0.05) is 44.7 Å². The standard InChI is InChI=1S/C20H31ClN4O.HI/c1-22-20(24(2)14-16-8-11-26-15-16)23-13-19(25-9-3-4-10-25)17-6-5-7-18(21)12-17;/h5-7,12,16,19H,3-4,8-11,13-15H2,1-2H3,(H,22,23);1H. The molecule has 152 valence electrons. The van der Waals surface area contributed by atoms with Crippen molar-refractivity contribution in [3.05, 3.63) is 34.9 Å². The number of aliphatic imine (C=N–C) groups is 1. The normalized spacial score (nSPS) is 21.7. The maximum atomic E-state index is 6.25. The number of hydrogen-bond donors (Lipinski definition) is 1.